The molecule has 0 nitrogen and oxygen atoms in total. The van der Waals surface area contributed by atoms with Gasteiger partial charge in [0.05, 0.1) is 0 Å². The first-order valence-corrected chi connectivity index (χ1v) is 12.0. The Bertz CT molecular complexity index is 1110. The smallest absolute Gasteiger partial charge is 0.166 e. The van der Waals surface area contributed by atoms with Gasteiger partial charge in [0, 0.05) is 5.56 Å². The molecular formula is C30H31F3. The lowest BCUT2D eigenvalue weighted by Crippen LogP contribution is -2.12. The molecule has 0 bridgehead atoms. The Labute approximate surface area is 195 Å². The van der Waals surface area contributed by atoms with Crippen molar-refractivity contribution in [2.45, 2.75) is 57.8 Å². The van der Waals surface area contributed by atoms with Gasteiger partial charge in [0.2, 0.25) is 0 Å². The number of benzene rings is 3. The zero-order valence-corrected chi connectivity index (χ0v) is 19.2. The highest BCUT2D eigenvalue weighted by atomic mass is 19.2. The van der Waals surface area contributed by atoms with Crippen molar-refractivity contribution in [3.05, 3.63) is 95.8 Å². The minimum atomic E-state index is -0.807. The van der Waals surface area contributed by atoms with Crippen LogP contribution in [0.1, 0.15) is 62.5 Å². The third kappa shape index (κ3) is 5.08. The van der Waals surface area contributed by atoms with Crippen LogP contribution in [0.25, 0.3) is 22.3 Å². The number of rotatable bonds is 7. The molecule has 0 amide bonds. The average molecular weight is 449 g/mol. The summed E-state index contributed by atoms with van der Waals surface area (Å²) in [6.07, 6.45) is 8.41. The molecule has 0 aliphatic heterocycles. The summed E-state index contributed by atoms with van der Waals surface area (Å²) in [4.78, 5) is 0. The van der Waals surface area contributed by atoms with Crippen molar-refractivity contribution in [3.63, 3.8) is 0 Å². The Kier molecular flexibility index (Phi) is 7.37. The standard InChI is InChI=1S/C30H31F3/c1-3-5-6-24-15-18-27(30(33)29(24)32)23-13-11-21(12-14-23)25-16-17-26(28(31)19-25)22-9-7-20(4-2)8-10-22/h4,11-20,22H,2-3,5-10H2,1H3. The van der Waals surface area contributed by atoms with Crippen LogP contribution in [0.4, 0.5) is 13.2 Å². The number of hydrogen-bond acceptors (Lipinski definition) is 0. The van der Waals surface area contributed by atoms with Crippen molar-refractivity contribution in [2.24, 2.45) is 5.92 Å². The lowest BCUT2D eigenvalue weighted by atomic mass is 9.78. The molecule has 1 fully saturated rings. The monoisotopic (exact) mass is 448 g/mol. The van der Waals surface area contributed by atoms with Gasteiger partial charge in [-0.1, -0.05) is 68.0 Å². The van der Waals surface area contributed by atoms with Gasteiger partial charge in [0.25, 0.3) is 0 Å². The van der Waals surface area contributed by atoms with E-state index < -0.39 is 11.6 Å². The van der Waals surface area contributed by atoms with Crippen LogP contribution in [0, 0.1) is 23.4 Å². The minimum Gasteiger partial charge on any atom is -0.207 e. The SMILES string of the molecule is C=CC1CCC(c2ccc(-c3ccc(-c4ccc(CCCC)c(F)c4F)cc3)cc2F)CC1. The first-order valence-electron chi connectivity index (χ1n) is 12.0. The summed E-state index contributed by atoms with van der Waals surface area (Å²) in [6, 6.07) is 16.0. The molecule has 0 radical (unpaired) electrons. The molecule has 0 spiro atoms. The second-order valence-corrected chi connectivity index (χ2v) is 9.16. The van der Waals surface area contributed by atoms with E-state index in [1.54, 1.807) is 30.3 Å². The molecule has 1 aliphatic rings. The van der Waals surface area contributed by atoms with Crippen LogP contribution in [0.15, 0.2) is 67.3 Å². The van der Waals surface area contributed by atoms with Gasteiger partial charge in [0.1, 0.15) is 5.82 Å². The van der Waals surface area contributed by atoms with E-state index >= 15 is 0 Å². The predicted molar refractivity (Wildman–Crippen MR) is 131 cm³/mol. The quantitative estimate of drug-likeness (QED) is 0.316. The molecule has 0 N–H and O–H groups in total. The second kappa shape index (κ2) is 10.4. The highest BCUT2D eigenvalue weighted by molar-refractivity contribution is 5.71. The molecule has 0 atom stereocenters. The van der Waals surface area contributed by atoms with E-state index in [9.17, 15) is 13.2 Å². The van der Waals surface area contributed by atoms with E-state index in [2.05, 4.69) is 6.58 Å². The summed E-state index contributed by atoms with van der Waals surface area (Å²) in [7, 11) is 0. The molecule has 4 rings (SSSR count). The van der Waals surface area contributed by atoms with Crippen molar-refractivity contribution in [1.29, 1.82) is 0 Å². The van der Waals surface area contributed by atoms with Gasteiger partial charge in [0.15, 0.2) is 11.6 Å². The normalized spacial score (nSPS) is 18.3. The van der Waals surface area contributed by atoms with Crippen LogP contribution in [-0.2, 0) is 6.42 Å². The number of unbranched alkanes of at least 4 members (excludes halogenated alkanes) is 1. The highest BCUT2D eigenvalue weighted by Crippen LogP contribution is 2.38. The van der Waals surface area contributed by atoms with Gasteiger partial charge in [-0.2, -0.15) is 0 Å². The Balaban J connectivity index is 1.52. The lowest BCUT2D eigenvalue weighted by molar-refractivity contribution is 0.369. The predicted octanol–water partition coefficient (Wildman–Crippen LogP) is 9.24. The van der Waals surface area contributed by atoms with Crippen LogP contribution in [0.5, 0.6) is 0 Å². The summed E-state index contributed by atoms with van der Waals surface area (Å²) in [5.41, 5.74) is 3.69. The molecule has 1 aliphatic carbocycles. The molecule has 33 heavy (non-hydrogen) atoms. The summed E-state index contributed by atoms with van der Waals surface area (Å²) in [6.45, 7) is 5.91. The van der Waals surface area contributed by atoms with Crippen molar-refractivity contribution < 1.29 is 13.2 Å². The summed E-state index contributed by atoms with van der Waals surface area (Å²) >= 11 is 0. The Hall–Kier alpha value is -2.81. The fourth-order valence-corrected chi connectivity index (χ4v) is 4.92. The van der Waals surface area contributed by atoms with Crippen LogP contribution < -0.4 is 0 Å². The van der Waals surface area contributed by atoms with E-state index in [0.29, 0.717) is 23.5 Å². The molecule has 3 aromatic rings. The topological polar surface area (TPSA) is 0 Å². The van der Waals surface area contributed by atoms with Gasteiger partial charge in [-0.15, -0.1) is 6.58 Å². The zero-order chi connectivity index (χ0) is 23.4. The molecule has 0 unspecified atom stereocenters. The molecule has 3 heteroatoms. The second-order valence-electron chi connectivity index (χ2n) is 9.16. The minimum absolute atomic E-state index is 0.172. The molecule has 0 aromatic heterocycles. The van der Waals surface area contributed by atoms with Gasteiger partial charge in [-0.05, 0) is 84.2 Å². The van der Waals surface area contributed by atoms with E-state index in [1.807, 2.05) is 37.3 Å². The molecule has 0 saturated heterocycles. The lowest BCUT2D eigenvalue weighted by Gasteiger charge is -2.27. The first-order chi connectivity index (χ1) is 16.0. The number of aryl methyl sites for hydroxylation is 1. The Morgan fingerprint density at radius 3 is 2.12 bits per heavy atom. The van der Waals surface area contributed by atoms with Gasteiger partial charge >= 0.3 is 0 Å². The summed E-state index contributed by atoms with van der Waals surface area (Å²) < 4.78 is 44.1. The summed E-state index contributed by atoms with van der Waals surface area (Å²) in [5, 5.41) is 0. The number of allylic oxidation sites excluding steroid dienone is 1. The van der Waals surface area contributed by atoms with Crippen LogP contribution in [-0.4, -0.2) is 0 Å². The maximum absolute atomic E-state index is 15.0. The molecule has 172 valence electrons. The molecule has 0 heterocycles. The summed E-state index contributed by atoms with van der Waals surface area (Å²) in [5.74, 6) is -0.930. The molecular weight excluding hydrogens is 417 g/mol. The first kappa shape index (κ1) is 23.4. The number of hydrogen-bond donors (Lipinski definition) is 0. The van der Waals surface area contributed by atoms with E-state index in [-0.39, 0.29) is 17.3 Å². The van der Waals surface area contributed by atoms with Crippen molar-refractivity contribution in [1.82, 2.24) is 0 Å². The fraction of sp³-hybridized carbons (Fsp3) is 0.333. The fourth-order valence-electron chi connectivity index (χ4n) is 4.92. The Morgan fingerprint density at radius 1 is 0.818 bits per heavy atom. The van der Waals surface area contributed by atoms with Crippen LogP contribution in [0.2, 0.25) is 0 Å². The van der Waals surface area contributed by atoms with Crippen LogP contribution in [0.3, 0.4) is 0 Å². The molecule has 3 aromatic carbocycles. The van der Waals surface area contributed by atoms with Crippen molar-refractivity contribution in [3.8, 4) is 22.3 Å². The van der Waals surface area contributed by atoms with E-state index in [4.69, 9.17) is 0 Å². The maximum atomic E-state index is 15.0. The maximum Gasteiger partial charge on any atom is 0.166 e. The largest absolute Gasteiger partial charge is 0.207 e. The zero-order valence-electron chi connectivity index (χ0n) is 19.2. The third-order valence-corrected chi connectivity index (χ3v) is 7.04. The highest BCUT2D eigenvalue weighted by Gasteiger charge is 2.23. The van der Waals surface area contributed by atoms with Crippen molar-refractivity contribution in [2.75, 3.05) is 0 Å². The third-order valence-electron chi connectivity index (χ3n) is 7.04. The average Bonchev–Trinajstić information content (AvgIpc) is 2.85. The van der Waals surface area contributed by atoms with Gasteiger partial charge < -0.3 is 0 Å². The van der Waals surface area contributed by atoms with Crippen molar-refractivity contribution >= 4 is 0 Å². The van der Waals surface area contributed by atoms with E-state index in [0.717, 1.165) is 55.2 Å². The number of halogens is 3. The van der Waals surface area contributed by atoms with Gasteiger partial charge in [-0.3, -0.25) is 0 Å². The Morgan fingerprint density at radius 2 is 1.48 bits per heavy atom. The molecule has 1 saturated carbocycles. The van der Waals surface area contributed by atoms with Crippen LogP contribution >= 0.6 is 0 Å². The van der Waals surface area contributed by atoms with Gasteiger partial charge in [-0.25, -0.2) is 13.2 Å². The van der Waals surface area contributed by atoms with E-state index in [1.165, 1.54) is 0 Å².